The van der Waals surface area contributed by atoms with Crippen LogP contribution in [0.5, 0.6) is 5.75 Å². The van der Waals surface area contributed by atoms with E-state index in [1.165, 1.54) is 12.1 Å². The molecule has 2 heterocycles. The number of aryl methyl sites for hydroxylation is 1. The van der Waals surface area contributed by atoms with Gasteiger partial charge < -0.3 is 14.4 Å². The van der Waals surface area contributed by atoms with Crippen LogP contribution >= 0.6 is 11.8 Å². The number of aromatic nitrogens is 3. The van der Waals surface area contributed by atoms with Gasteiger partial charge in [0, 0.05) is 18.8 Å². The van der Waals surface area contributed by atoms with Gasteiger partial charge in [0.2, 0.25) is 5.95 Å². The Morgan fingerprint density at radius 1 is 1.10 bits per heavy atom. The second kappa shape index (κ2) is 9.95. The van der Waals surface area contributed by atoms with Gasteiger partial charge in [0.25, 0.3) is 0 Å². The van der Waals surface area contributed by atoms with Crippen LogP contribution in [0.15, 0.2) is 53.7 Å². The quantitative estimate of drug-likeness (QED) is 0.398. The van der Waals surface area contributed by atoms with E-state index in [9.17, 15) is 4.39 Å². The summed E-state index contributed by atoms with van der Waals surface area (Å²) in [5, 5.41) is 9.56. The normalized spacial score (nSPS) is 14.1. The molecule has 1 saturated heterocycles. The lowest BCUT2D eigenvalue weighted by molar-refractivity contribution is 0.122. The van der Waals surface area contributed by atoms with Crippen LogP contribution in [0, 0.1) is 12.7 Å². The summed E-state index contributed by atoms with van der Waals surface area (Å²) in [5.41, 5.74) is 1.85. The Hall–Kier alpha value is -2.58. The molecule has 0 radical (unpaired) electrons. The number of benzene rings is 2. The third kappa shape index (κ3) is 4.94. The SMILES string of the molecule is Cc1ccccc1OCCCSc1nnc(N2CCOCC2)n1-c1cccc(F)c1. The van der Waals surface area contributed by atoms with Crippen molar-refractivity contribution in [2.24, 2.45) is 0 Å². The first-order chi connectivity index (χ1) is 14.7. The first-order valence-electron chi connectivity index (χ1n) is 10.1. The fraction of sp³-hybridized carbons (Fsp3) is 0.364. The van der Waals surface area contributed by atoms with E-state index in [1.54, 1.807) is 17.8 Å². The Morgan fingerprint density at radius 3 is 2.73 bits per heavy atom. The number of hydrogen-bond donors (Lipinski definition) is 0. The standard InChI is InChI=1S/C22H25FN4O2S/c1-17-6-2-3-9-20(17)29-12-5-15-30-22-25-24-21(26-10-13-28-14-11-26)27(22)19-8-4-7-18(23)16-19/h2-4,6-9,16H,5,10-15H2,1H3. The minimum absolute atomic E-state index is 0.281. The summed E-state index contributed by atoms with van der Waals surface area (Å²) < 4.78 is 27.2. The van der Waals surface area contributed by atoms with Crippen LogP contribution in [-0.2, 0) is 4.74 Å². The third-order valence-electron chi connectivity index (χ3n) is 4.85. The van der Waals surface area contributed by atoms with Gasteiger partial charge >= 0.3 is 0 Å². The van der Waals surface area contributed by atoms with Gasteiger partial charge in [-0.3, -0.25) is 4.57 Å². The highest BCUT2D eigenvalue weighted by molar-refractivity contribution is 7.99. The van der Waals surface area contributed by atoms with Crippen molar-refractivity contribution in [3.8, 4) is 11.4 Å². The number of hydrogen-bond acceptors (Lipinski definition) is 6. The molecule has 3 aromatic rings. The first-order valence-corrected chi connectivity index (χ1v) is 11.1. The maximum atomic E-state index is 13.9. The summed E-state index contributed by atoms with van der Waals surface area (Å²) in [6.07, 6.45) is 0.863. The molecule has 0 spiro atoms. The number of anilines is 1. The number of thioether (sulfide) groups is 1. The maximum Gasteiger partial charge on any atom is 0.232 e. The van der Waals surface area contributed by atoms with Gasteiger partial charge in [0.05, 0.1) is 25.5 Å². The topological polar surface area (TPSA) is 52.4 Å². The Labute approximate surface area is 180 Å². The number of para-hydroxylation sites is 1. The lowest BCUT2D eigenvalue weighted by Crippen LogP contribution is -2.37. The Morgan fingerprint density at radius 2 is 1.93 bits per heavy atom. The van der Waals surface area contributed by atoms with Crippen LogP contribution in [0.4, 0.5) is 10.3 Å². The van der Waals surface area contributed by atoms with E-state index in [4.69, 9.17) is 9.47 Å². The molecule has 158 valence electrons. The smallest absolute Gasteiger partial charge is 0.232 e. The molecule has 6 nitrogen and oxygen atoms in total. The summed E-state index contributed by atoms with van der Waals surface area (Å²) >= 11 is 1.60. The number of morpholine rings is 1. The van der Waals surface area contributed by atoms with Gasteiger partial charge in [-0.05, 0) is 43.2 Å². The summed E-state index contributed by atoms with van der Waals surface area (Å²) in [6, 6.07) is 14.5. The largest absolute Gasteiger partial charge is 0.493 e. The molecule has 0 aliphatic carbocycles. The predicted molar refractivity (Wildman–Crippen MR) is 116 cm³/mol. The monoisotopic (exact) mass is 428 g/mol. The zero-order valence-electron chi connectivity index (χ0n) is 17.0. The van der Waals surface area contributed by atoms with Crippen molar-refractivity contribution in [2.45, 2.75) is 18.5 Å². The van der Waals surface area contributed by atoms with Gasteiger partial charge in [0.15, 0.2) is 5.16 Å². The highest BCUT2D eigenvalue weighted by Crippen LogP contribution is 2.28. The highest BCUT2D eigenvalue weighted by Gasteiger charge is 2.22. The van der Waals surface area contributed by atoms with Crippen molar-refractivity contribution in [1.82, 2.24) is 14.8 Å². The minimum atomic E-state index is -0.281. The van der Waals surface area contributed by atoms with E-state index < -0.39 is 0 Å². The van der Waals surface area contributed by atoms with Crippen LogP contribution in [0.3, 0.4) is 0 Å². The minimum Gasteiger partial charge on any atom is -0.493 e. The molecular weight excluding hydrogens is 403 g/mol. The predicted octanol–water partition coefficient (Wildman–Crippen LogP) is 4.11. The number of ether oxygens (including phenoxy) is 2. The van der Waals surface area contributed by atoms with Crippen LogP contribution in [0.1, 0.15) is 12.0 Å². The summed E-state index contributed by atoms with van der Waals surface area (Å²) in [6.45, 7) is 5.44. The van der Waals surface area contributed by atoms with Crippen molar-refractivity contribution < 1.29 is 13.9 Å². The van der Waals surface area contributed by atoms with Crippen molar-refractivity contribution in [1.29, 1.82) is 0 Å². The summed E-state index contributed by atoms with van der Waals surface area (Å²) in [7, 11) is 0. The van der Waals surface area contributed by atoms with E-state index in [0.29, 0.717) is 19.8 Å². The number of rotatable bonds is 8. The Bertz CT molecular complexity index is 975. The van der Waals surface area contributed by atoms with E-state index in [1.807, 2.05) is 41.8 Å². The fourth-order valence-corrected chi connectivity index (χ4v) is 4.15. The first kappa shape index (κ1) is 20.7. The van der Waals surface area contributed by atoms with Gasteiger partial charge in [-0.1, -0.05) is 36.0 Å². The zero-order valence-corrected chi connectivity index (χ0v) is 17.8. The van der Waals surface area contributed by atoms with E-state index in [-0.39, 0.29) is 5.82 Å². The average Bonchev–Trinajstić information content (AvgIpc) is 3.19. The van der Waals surface area contributed by atoms with Crippen molar-refractivity contribution in [2.75, 3.05) is 43.6 Å². The number of halogens is 1. The van der Waals surface area contributed by atoms with Crippen LogP contribution in [0.2, 0.25) is 0 Å². The fourth-order valence-electron chi connectivity index (χ4n) is 3.29. The van der Waals surface area contributed by atoms with Crippen LogP contribution in [-0.4, -0.2) is 53.4 Å². The molecule has 30 heavy (non-hydrogen) atoms. The molecule has 0 bridgehead atoms. The lowest BCUT2D eigenvalue weighted by Gasteiger charge is -2.27. The average molecular weight is 429 g/mol. The van der Waals surface area contributed by atoms with Crippen LogP contribution in [0.25, 0.3) is 5.69 Å². The molecule has 8 heteroatoms. The van der Waals surface area contributed by atoms with E-state index >= 15 is 0 Å². The van der Waals surface area contributed by atoms with Gasteiger partial charge in [0.1, 0.15) is 11.6 Å². The molecule has 1 aromatic heterocycles. The molecule has 1 aliphatic heterocycles. The molecule has 0 atom stereocenters. The molecule has 0 N–H and O–H groups in total. The second-order valence-corrected chi connectivity index (χ2v) is 8.08. The lowest BCUT2D eigenvalue weighted by atomic mass is 10.2. The van der Waals surface area contributed by atoms with E-state index in [2.05, 4.69) is 15.1 Å². The highest BCUT2D eigenvalue weighted by atomic mass is 32.2. The molecule has 0 amide bonds. The summed E-state index contributed by atoms with van der Waals surface area (Å²) in [5.74, 6) is 2.18. The summed E-state index contributed by atoms with van der Waals surface area (Å²) in [4.78, 5) is 2.13. The molecule has 0 unspecified atom stereocenters. The van der Waals surface area contributed by atoms with Crippen molar-refractivity contribution in [3.05, 3.63) is 59.9 Å². The van der Waals surface area contributed by atoms with Gasteiger partial charge in [-0.2, -0.15) is 0 Å². The van der Waals surface area contributed by atoms with Crippen molar-refractivity contribution >= 4 is 17.7 Å². The molecule has 1 aliphatic rings. The number of nitrogens with zero attached hydrogens (tertiary/aromatic N) is 4. The van der Waals surface area contributed by atoms with Gasteiger partial charge in [-0.25, -0.2) is 4.39 Å². The Balaban J connectivity index is 1.44. The van der Waals surface area contributed by atoms with E-state index in [0.717, 1.165) is 53.4 Å². The molecule has 4 rings (SSSR count). The molecule has 2 aromatic carbocycles. The maximum absolute atomic E-state index is 13.9. The van der Waals surface area contributed by atoms with Crippen molar-refractivity contribution in [3.63, 3.8) is 0 Å². The molecule has 0 saturated carbocycles. The second-order valence-electron chi connectivity index (χ2n) is 7.01. The zero-order chi connectivity index (χ0) is 20.8. The third-order valence-corrected chi connectivity index (χ3v) is 5.86. The van der Waals surface area contributed by atoms with Gasteiger partial charge in [-0.15, -0.1) is 10.2 Å². The van der Waals surface area contributed by atoms with Crippen LogP contribution < -0.4 is 9.64 Å². The molecule has 1 fully saturated rings. The Kier molecular flexibility index (Phi) is 6.86. The molecular formula is C22H25FN4O2S.